The average Bonchev–Trinajstić information content (AvgIpc) is 2.21. The van der Waals surface area contributed by atoms with E-state index in [1.165, 1.54) is 0 Å². The van der Waals surface area contributed by atoms with Gasteiger partial charge in [0.15, 0.2) is 0 Å². The highest BCUT2D eigenvalue weighted by Gasteiger charge is 2.40. The number of nitrogens with zero attached hydrogens (tertiary/aromatic N) is 2. The predicted octanol–water partition coefficient (Wildman–Crippen LogP) is 2.02. The number of alkyl halides is 1. The summed E-state index contributed by atoms with van der Waals surface area (Å²) in [5.74, 6) is 0.308. The zero-order valence-electron chi connectivity index (χ0n) is 8.57. The minimum atomic E-state index is -0.344. The molecule has 0 aromatic carbocycles. The lowest BCUT2D eigenvalue weighted by Gasteiger charge is -2.38. The van der Waals surface area contributed by atoms with Crippen molar-refractivity contribution < 1.29 is 9.59 Å². The second kappa shape index (κ2) is 5.54. The molecule has 1 rings (SSSR count). The Morgan fingerprint density at radius 1 is 1.47 bits per heavy atom. The molecule has 1 saturated carbocycles. The van der Waals surface area contributed by atoms with Crippen molar-refractivity contribution in [2.45, 2.75) is 35.6 Å². The summed E-state index contributed by atoms with van der Waals surface area (Å²) >= 11 is 2.30. The summed E-state index contributed by atoms with van der Waals surface area (Å²) in [4.78, 5) is 27.9. The van der Waals surface area contributed by atoms with Crippen LogP contribution in [0.5, 0.6) is 0 Å². The van der Waals surface area contributed by atoms with Crippen molar-refractivity contribution in [2.24, 2.45) is 15.9 Å². The molecule has 15 heavy (non-hydrogen) atoms. The molecule has 0 aromatic heterocycles. The van der Waals surface area contributed by atoms with Crippen LogP contribution in [0.4, 0.5) is 0 Å². The number of hydrogen-bond donors (Lipinski definition) is 0. The smallest absolute Gasteiger partial charge is 0.211 e. The molecule has 1 aliphatic rings. The molecule has 0 saturated heterocycles. The van der Waals surface area contributed by atoms with Crippen molar-refractivity contribution >= 4 is 34.8 Å². The summed E-state index contributed by atoms with van der Waals surface area (Å²) in [6.45, 7) is 2.45. The van der Waals surface area contributed by atoms with Crippen LogP contribution in [0.15, 0.2) is 9.98 Å². The Morgan fingerprint density at radius 3 is 2.80 bits per heavy atom. The zero-order valence-corrected chi connectivity index (χ0v) is 10.7. The summed E-state index contributed by atoms with van der Waals surface area (Å²) in [7, 11) is 0. The fourth-order valence-corrected chi connectivity index (χ4v) is 3.11. The molecule has 5 heteroatoms. The number of aliphatic imine (C=N–C) groups is 2. The number of halogens is 1. The molecule has 0 bridgehead atoms. The Kier molecular flexibility index (Phi) is 4.64. The van der Waals surface area contributed by atoms with Crippen LogP contribution in [0.1, 0.15) is 26.2 Å². The van der Waals surface area contributed by atoms with Gasteiger partial charge in [0.05, 0.1) is 12.1 Å². The molecule has 1 fully saturated rings. The van der Waals surface area contributed by atoms with E-state index >= 15 is 0 Å². The molecule has 3 atom stereocenters. The van der Waals surface area contributed by atoms with Crippen LogP contribution < -0.4 is 0 Å². The van der Waals surface area contributed by atoms with Crippen LogP contribution in [0.25, 0.3) is 0 Å². The van der Waals surface area contributed by atoms with Crippen LogP contribution in [-0.4, -0.2) is 28.2 Å². The van der Waals surface area contributed by atoms with Crippen LogP contribution in [0.3, 0.4) is 0 Å². The second-order valence-corrected chi connectivity index (χ2v) is 5.39. The first-order valence-corrected chi connectivity index (χ1v) is 6.15. The highest BCUT2D eigenvalue weighted by Crippen LogP contribution is 2.40. The molecule has 82 valence electrons. The summed E-state index contributed by atoms with van der Waals surface area (Å²) in [5.41, 5.74) is -0.344. The highest BCUT2D eigenvalue weighted by molar-refractivity contribution is 14.1. The summed E-state index contributed by atoms with van der Waals surface area (Å²) in [6, 6.07) is 0. The Bertz CT molecular complexity index is 321. The summed E-state index contributed by atoms with van der Waals surface area (Å²) in [6.07, 6.45) is 6.15. The Balaban J connectivity index is 2.78. The van der Waals surface area contributed by atoms with Gasteiger partial charge in [0.1, 0.15) is 0 Å². The van der Waals surface area contributed by atoms with E-state index in [4.69, 9.17) is 0 Å². The van der Waals surface area contributed by atoms with Crippen molar-refractivity contribution in [2.75, 3.05) is 6.54 Å². The Labute approximate surface area is 102 Å². The largest absolute Gasteiger partial charge is 0.235 e. The molecule has 1 aliphatic carbocycles. The van der Waals surface area contributed by atoms with Gasteiger partial charge in [-0.1, -0.05) is 29.0 Å². The molecule has 0 heterocycles. The third kappa shape index (κ3) is 2.97. The van der Waals surface area contributed by atoms with E-state index < -0.39 is 0 Å². The maximum atomic E-state index is 10.4. The fraction of sp³-hybridized carbons (Fsp3) is 0.800. The summed E-state index contributed by atoms with van der Waals surface area (Å²) in [5, 5.41) is 0. The monoisotopic (exact) mass is 320 g/mol. The second-order valence-electron chi connectivity index (χ2n) is 4.05. The first-order chi connectivity index (χ1) is 7.14. The van der Waals surface area contributed by atoms with E-state index in [9.17, 15) is 9.59 Å². The highest BCUT2D eigenvalue weighted by atomic mass is 127. The molecular weight excluding hydrogens is 307 g/mol. The van der Waals surface area contributed by atoms with Crippen LogP contribution >= 0.6 is 22.6 Å². The standard InChI is InChI=1S/C10H13IN2O2/c1-10(13-7-15)4-2-3-8(9(10)11)5-12-6-14/h8-9H,2-5H2,1H3. The maximum absolute atomic E-state index is 10.4. The van der Waals surface area contributed by atoms with E-state index in [-0.39, 0.29) is 9.46 Å². The normalized spacial score (nSPS) is 35.1. The molecule has 0 N–H and O–H groups in total. The van der Waals surface area contributed by atoms with Gasteiger partial charge >= 0.3 is 0 Å². The fourth-order valence-electron chi connectivity index (χ4n) is 2.07. The molecule has 0 aromatic rings. The quantitative estimate of drug-likeness (QED) is 0.346. The minimum Gasteiger partial charge on any atom is -0.211 e. The van der Waals surface area contributed by atoms with Gasteiger partial charge in [0.25, 0.3) is 0 Å². The molecule has 0 spiro atoms. The lowest BCUT2D eigenvalue weighted by molar-refractivity contribution is 0.271. The number of hydrogen-bond acceptors (Lipinski definition) is 4. The van der Waals surface area contributed by atoms with Gasteiger partial charge in [-0.05, 0) is 25.7 Å². The van der Waals surface area contributed by atoms with Gasteiger partial charge in [-0.3, -0.25) is 0 Å². The van der Waals surface area contributed by atoms with Crippen molar-refractivity contribution in [3.63, 3.8) is 0 Å². The maximum Gasteiger partial charge on any atom is 0.235 e. The van der Waals surface area contributed by atoms with Crippen LogP contribution in [0, 0.1) is 5.92 Å². The first-order valence-electron chi connectivity index (χ1n) is 4.91. The number of isocyanates is 2. The minimum absolute atomic E-state index is 0.224. The summed E-state index contributed by atoms with van der Waals surface area (Å²) < 4.78 is 0.224. The van der Waals surface area contributed by atoms with Crippen LogP contribution in [0.2, 0.25) is 0 Å². The van der Waals surface area contributed by atoms with Gasteiger partial charge in [-0.2, -0.15) is 4.99 Å². The number of carbonyl (C=O) groups excluding carboxylic acids is 2. The molecule has 3 unspecified atom stereocenters. The van der Waals surface area contributed by atoms with Gasteiger partial charge in [0, 0.05) is 3.92 Å². The first kappa shape index (κ1) is 12.6. The molecular formula is C10H13IN2O2. The zero-order chi connectivity index (χ0) is 11.3. The van der Waals surface area contributed by atoms with E-state index in [0.717, 1.165) is 19.3 Å². The SMILES string of the molecule is CC1(N=C=O)CCCC(CN=C=O)C1I. The van der Waals surface area contributed by atoms with Gasteiger partial charge in [0.2, 0.25) is 12.2 Å². The predicted molar refractivity (Wildman–Crippen MR) is 64.7 cm³/mol. The third-order valence-corrected chi connectivity index (χ3v) is 5.32. The lowest BCUT2D eigenvalue weighted by atomic mass is 9.77. The van der Waals surface area contributed by atoms with Crippen molar-refractivity contribution in [3.8, 4) is 0 Å². The van der Waals surface area contributed by atoms with E-state index in [1.54, 1.807) is 12.2 Å². The van der Waals surface area contributed by atoms with E-state index in [1.807, 2.05) is 6.92 Å². The van der Waals surface area contributed by atoms with E-state index in [0.29, 0.717) is 12.5 Å². The van der Waals surface area contributed by atoms with Crippen molar-refractivity contribution in [1.29, 1.82) is 0 Å². The Morgan fingerprint density at radius 2 is 2.20 bits per heavy atom. The lowest BCUT2D eigenvalue weighted by Crippen LogP contribution is -2.43. The van der Waals surface area contributed by atoms with Gasteiger partial charge in [-0.25, -0.2) is 14.6 Å². The van der Waals surface area contributed by atoms with Crippen molar-refractivity contribution in [3.05, 3.63) is 0 Å². The Hall–Kier alpha value is -0.510. The topological polar surface area (TPSA) is 58.9 Å². The van der Waals surface area contributed by atoms with Gasteiger partial charge < -0.3 is 0 Å². The number of rotatable bonds is 3. The third-order valence-electron chi connectivity index (χ3n) is 2.96. The van der Waals surface area contributed by atoms with Crippen LogP contribution in [-0.2, 0) is 9.59 Å². The molecule has 0 amide bonds. The molecule has 4 nitrogen and oxygen atoms in total. The average molecular weight is 320 g/mol. The van der Waals surface area contributed by atoms with E-state index in [2.05, 4.69) is 32.6 Å². The van der Waals surface area contributed by atoms with Gasteiger partial charge in [-0.15, -0.1) is 0 Å². The molecule has 0 radical (unpaired) electrons. The molecule has 0 aliphatic heterocycles. The van der Waals surface area contributed by atoms with Crippen molar-refractivity contribution in [1.82, 2.24) is 0 Å².